The normalized spacial score (nSPS) is 17.5. The Kier molecular flexibility index (Phi) is 6.04. The van der Waals surface area contributed by atoms with Crippen LogP contribution in [0.15, 0.2) is 59.7 Å². The Morgan fingerprint density at radius 3 is 2.81 bits per heavy atom. The Morgan fingerprint density at radius 2 is 2.00 bits per heavy atom. The summed E-state index contributed by atoms with van der Waals surface area (Å²) in [6, 6.07) is 15.9. The molecule has 2 aromatic carbocycles. The first-order valence-electron chi connectivity index (χ1n) is 10.1. The first-order valence-corrected chi connectivity index (χ1v) is 11.0. The molecule has 0 bridgehead atoms. The Labute approximate surface area is 185 Å². The Morgan fingerprint density at radius 1 is 1.19 bits per heavy atom. The maximum Gasteiger partial charge on any atom is 0.242 e. The maximum absolute atomic E-state index is 13.3. The van der Waals surface area contributed by atoms with Crippen LogP contribution in [0.2, 0.25) is 0 Å². The number of amidine groups is 1. The van der Waals surface area contributed by atoms with Crippen LogP contribution in [0, 0.1) is 13.8 Å². The molecule has 1 unspecified atom stereocenters. The van der Waals surface area contributed by atoms with E-state index in [1.165, 1.54) is 11.8 Å². The summed E-state index contributed by atoms with van der Waals surface area (Å²) in [6.45, 7) is 4.37. The van der Waals surface area contributed by atoms with E-state index in [-0.39, 0.29) is 18.2 Å². The molecule has 6 nitrogen and oxygen atoms in total. The van der Waals surface area contributed by atoms with Crippen LogP contribution >= 0.6 is 11.8 Å². The maximum atomic E-state index is 13.3. The molecule has 7 heteroatoms. The smallest absolute Gasteiger partial charge is 0.242 e. The van der Waals surface area contributed by atoms with Gasteiger partial charge in [-0.25, -0.2) is 4.99 Å². The molecule has 1 N–H and O–H groups in total. The van der Waals surface area contributed by atoms with E-state index >= 15 is 0 Å². The minimum atomic E-state index is -0.494. The molecule has 31 heavy (non-hydrogen) atoms. The number of hydrogen-bond acceptors (Lipinski definition) is 5. The fraction of sp³-hybridized carbons (Fsp3) is 0.250. The van der Waals surface area contributed by atoms with Gasteiger partial charge in [0, 0.05) is 25.1 Å². The van der Waals surface area contributed by atoms with E-state index in [1.807, 2.05) is 62.4 Å². The van der Waals surface area contributed by atoms with E-state index in [1.54, 1.807) is 18.1 Å². The number of aliphatic imine (C=N–C) groups is 1. The molecule has 0 radical (unpaired) electrons. The zero-order chi connectivity index (χ0) is 22.0. The summed E-state index contributed by atoms with van der Waals surface area (Å²) in [5, 5.41) is 3.75. The number of carbonyl (C=O) groups excluding carboxylic acids is 2. The largest absolute Gasteiger partial charge is 0.359 e. The summed E-state index contributed by atoms with van der Waals surface area (Å²) in [5.41, 5.74) is 4.78. The van der Waals surface area contributed by atoms with E-state index in [0.29, 0.717) is 11.7 Å². The third-order valence-electron chi connectivity index (χ3n) is 5.30. The highest BCUT2D eigenvalue weighted by Gasteiger charge is 2.39. The molecule has 2 amide bonds. The highest BCUT2D eigenvalue weighted by Crippen LogP contribution is 2.34. The number of nitrogens with one attached hydrogen (secondary N) is 1. The van der Waals surface area contributed by atoms with Crippen LogP contribution in [0.5, 0.6) is 0 Å². The zero-order valence-corrected chi connectivity index (χ0v) is 18.6. The monoisotopic (exact) mass is 432 g/mol. The second-order valence-electron chi connectivity index (χ2n) is 7.58. The van der Waals surface area contributed by atoms with Crippen molar-refractivity contribution in [3.05, 3.63) is 71.4 Å². The summed E-state index contributed by atoms with van der Waals surface area (Å²) < 4.78 is 0. The third kappa shape index (κ3) is 4.46. The van der Waals surface area contributed by atoms with Crippen LogP contribution in [0.4, 0.5) is 5.69 Å². The van der Waals surface area contributed by atoms with Gasteiger partial charge in [0.2, 0.25) is 11.8 Å². The molecule has 158 valence electrons. The summed E-state index contributed by atoms with van der Waals surface area (Å²) in [6.07, 6.45) is 1.88. The lowest BCUT2D eigenvalue weighted by Crippen LogP contribution is -2.33. The van der Waals surface area contributed by atoms with Crippen LogP contribution < -0.4 is 5.32 Å². The molecule has 0 aliphatic carbocycles. The second kappa shape index (κ2) is 8.89. The van der Waals surface area contributed by atoms with Gasteiger partial charge in [-0.3, -0.25) is 19.5 Å². The van der Waals surface area contributed by atoms with Gasteiger partial charge >= 0.3 is 0 Å². The lowest BCUT2D eigenvalue weighted by Gasteiger charge is -2.18. The van der Waals surface area contributed by atoms with Crippen molar-refractivity contribution in [1.29, 1.82) is 0 Å². The van der Waals surface area contributed by atoms with Crippen molar-refractivity contribution in [3.8, 4) is 0 Å². The van der Waals surface area contributed by atoms with Crippen molar-refractivity contribution in [2.75, 3.05) is 7.05 Å². The van der Waals surface area contributed by atoms with Crippen LogP contribution in [0.1, 0.15) is 23.1 Å². The molecule has 0 spiro atoms. The van der Waals surface area contributed by atoms with E-state index in [0.717, 1.165) is 33.3 Å². The molecule has 1 fully saturated rings. The highest BCUT2D eigenvalue weighted by molar-refractivity contribution is 8.15. The van der Waals surface area contributed by atoms with Crippen LogP contribution in [-0.2, 0) is 16.1 Å². The van der Waals surface area contributed by atoms with Gasteiger partial charge in [-0.05, 0) is 42.7 Å². The van der Waals surface area contributed by atoms with Crippen molar-refractivity contribution >= 4 is 45.3 Å². The number of carbonyl (C=O) groups is 2. The van der Waals surface area contributed by atoms with E-state index in [4.69, 9.17) is 4.99 Å². The molecular formula is C24H24N4O2S. The number of fused-ring (bicyclic) bond motifs is 1. The lowest BCUT2D eigenvalue weighted by atomic mass is 10.1. The lowest BCUT2D eigenvalue weighted by molar-refractivity contribution is -0.129. The first kappa shape index (κ1) is 21.1. The molecule has 1 aliphatic heterocycles. The molecule has 3 aromatic rings. The van der Waals surface area contributed by atoms with Gasteiger partial charge in [0.25, 0.3) is 0 Å². The number of aryl methyl sites for hydroxylation is 2. The minimum Gasteiger partial charge on any atom is -0.359 e. The summed E-state index contributed by atoms with van der Waals surface area (Å²) in [7, 11) is 1.58. The second-order valence-corrected chi connectivity index (χ2v) is 8.75. The number of benzene rings is 2. The first-order chi connectivity index (χ1) is 15.0. The zero-order valence-electron chi connectivity index (χ0n) is 17.8. The molecule has 1 saturated heterocycles. The van der Waals surface area contributed by atoms with Gasteiger partial charge in [0.05, 0.1) is 17.7 Å². The van der Waals surface area contributed by atoms with Crippen molar-refractivity contribution in [2.24, 2.45) is 4.99 Å². The predicted octanol–water partition coefficient (Wildman–Crippen LogP) is 4.12. The van der Waals surface area contributed by atoms with Gasteiger partial charge in [0.1, 0.15) is 5.25 Å². The number of hydrogen-bond donors (Lipinski definition) is 1. The fourth-order valence-corrected chi connectivity index (χ4v) is 4.70. The van der Waals surface area contributed by atoms with Gasteiger partial charge in [-0.15, -0.1) is 0 Å². The number of pyridine rings is 1. The van der Waals surface area contributed by atoms with E-state index in [9.17, 15) is 9.59 Å². The number of para-hydroxylation sites is 1. The van der Waals surface area contributed by atoms with Gasteiger partial charge in [-0.1, -0.05) is 48.2 Å². The van der Waals surface area contributed by atoms with Crippen molar-refractivity contribution < 1.29 is 9.59 Å². The molecule has 2 heterocycles. The quantitative estimate of drug-likeness (QED) is 0.658. The van der Waals surface area contributed by atoms with Crippen LogP contribution in [-0.4, -0.2) is 39.2 Å². The predicted molar refractivity (Wildman–Crippen MR) is 125 cm³/mol. The van der Waals surface area contributed by atoms with E-state index in [2.05, 4.69) is 10.3 Å². The molecule has 1 aromatic heterocycles. The molecule has 1 aliphatic rings. The summed E-state index contributed by atoms with van der Waals surface area (Å²) >= 11 is 1.35. The molecule has 0 saturated carbocycles. The molecular weight excluding hydrogens is 408 g/mol. The van der Waals surface area contributed by atoms with Gasteiger partial charge < -0.3 is 5.32 Å². The SMILES string of the molecule is CNC(=O)CC1SC(=Nc2cc(C)ccc2C)N(Cc2cccc3cccnc23)C1=O. The average molecular weight is 433 g/mol. The summed E-state index contributed by atoms with van der Waals surface area (Å²) in [5.74, 6) is -0.267. The fourth-order valence-electron chi connectivity index (χ4n) is 3.55. The number of rotatable bonds is 5. The van der Waals surface area contributed by atoms with Gasteiger partial charge in [0.15, 0.2) is 5.17 Å². The van der Waals surface area contributed by atoms with Crippen molar-refractivity contribution in [3.63, 3.8) is 0 Å². The number of amides is 2. The Bertz CT molecular complexity index is 1190. The molecule has 4 rings (SSSR count). The highest BCUT2D eigenvalue weighted by atomic mass is 32.2. The number of aromatic nitrogens is 1. The average Bonchev–Trinajstić information content (AvgIpc) is 3.05. The third-order valence-corrected chi connectivity index (χ3v) is 6.47. The van der Waals surface area contributed by atoms with E-state index < -0.39 is 5.25 Å². The van der Waals surface area contributed by atoms with Gasteiger partial charge in [-0.2, -0.15) is 0 Å². The number of thioether (sulfide) groups is 1. The summed E-state index contributed by atoms with van der Waals surface area (Å²) in [4.78, 5) is 36.3. The van der Waals surface area contributed by atoms with Crippen LogP contribution in [0.25, 0.3) is 10.9 Å². The Hall–Kier alpha value is -3.19. The standard InChI is InChI=1S/C24H24N4O2S/c1-15-9-10-16(2)19(12-15)27-24-28(23(30)20(31-24)13-21(29)25-3)14-18-7-4-6-17-8-5-11-26-22(17)18/h4-12,20H,13-14H2,1-3H3,(H,25,29). The minimum absolute atomic E-state index is 0.106. The van der Waals surface area contributed by atoms with Crippen molar-refractivity contribution in [1.82, 2.24) is 15.2 Å². The molecule has 1 atom stereocenters. The van der Waals surface area contributed by atoms with Crippen LogP contribution in [0.3, 0.4) is 0 Å². The Balaban J connectivity index is 1.73. The topological polar surface area (TPSA) is 74.7 Å². The number of nitrogens with zero attached hydrogens (tertiary/aromatic N) is 3. The van der Waals surface area contributed by atoms with Crippen molar-refractivity contribution in [2.45, 2.75) is 32.1 Å².